The highest BCUT2D eigenvalue weighted by atomic mass is 35.5. The molecule has 0 bridgehead atoms. The lowest BCUT2D eigenvalue weighted by molar-refractivity contribution is -0.115. The maximum Gasteiger partial charge on any atom is 0.264 e. The van der Waals surface area contributed by atoms with E-state index < -0.39 is 0 Å². The molecule has 0 radical (unpaired) electrons. The van der Waals surface area contributed by atoms with Gasteiger partial charge in [0, 0.05) is 21.2 Å². The third-order valence-electron chi connectivity index (χ3n) is 4.41. The number of halogens is 4. The highest BCUT2D eigenvalue weighted by Crippen LogP contribution is 2.35. The van der Waals surface area contributed by atoms with E-state index in [1.165, 1.54) is 11.8 Å². The van der Waals surface area contributed by atoms with Crippen molar-refractivity contribution >= 4 is 81.0 Å². The Kier molecular flexibility index (Phi) is 7.33. The molecule has 1 aliphatic rings. The second-order valence-electron chi connectivity index (χ2n) is 6.62. The van der Waals surface area contributed by atoms with Crippen molar-refractivity contribution in [2.24, 2.45) is 4.99 Å². The average Bonchev–Trinajstić information content (AvgIpc) is 3.10. The van der Waals surface area contributed by atoms with E-state index in [0.29, 0.717) is 41.6 Å². The standard InChI is InChI=1S/C23H14Cl4N2O2S/c24-15-9-8-14(17(26)11-15)12-31-19-7-2-1-4-13(19)10-20-22(30)29-23(32-20)28-18-6-3-5-16(25)21(18)27/h1-11H,12H2,(H,28,29,30)/b20-10+. The summed E-state index contributed by atoms with van der Waals surface area (Å²) in [7, 11) is 0. The van der Waals surface area contributed by atoms with Crippen LogP contribution in [0, 0.1) is 0 Å². The van der Waals surface area contributed by atoms with Crippen LogP contribution in [-0.2, 0) is 11.4 Å². The Balaban J connectivity index is 1.54. The van der Waals surface area contributed by atoms with Crippen molar-refractivity contribution in [3.8, 4) is 5.75 Å². The SMILES string of the molecule is O=C1NC(=Nc2cccc(Cl)c2Cl)S/C1=C/c1ccccc1OCc1ccc(Cl)cc1Cl. The molecule has 1 heterocycles. The van der Waals surface area contributed by atoms with E-state index in [-0.39, 0.29) is 12.5 Å². The molecule has 3 aromatic carbocycles. The molecule has 9 heteroatoms. The van der Waals surface area contributed by atoms with Gasteiger partial charge in [0.2, 0.25) is 0 Å². The predicted molar refractivity (Wildman–Crippen MR) is 135 cm³/mol. The van der Waals surface area contributed by atoms with E-state index in [4.69, 9.17) is 51.1 Å². The van der Waals surface area contributed by atoms with Crippen LogP contribution in [0.25, 0.3) is 6.08 Å². The highest BCUT2D eigenvalue weighted by molar-refractivity contribution is 8.18. The van der Waals surface area contributed by atoms with Gasteiger partial charge in [0.15, 0.2) is 5.17 Å². The third-order valence-corrected chi connectivity index (χ3v) is 6.71. The molecule has 1 aliphatic heterocycles. The zero-order chi connectivity index (χ0) is 22.7. The van der Waals surface area contributed by atoms with Crippen molar-refractivity contribution in [2.75, 3.05) is 0 Å². The van der Waals surface area contributed by atoms with E-state index in [2.05, 4.69) is 10.3 Å². The number of amides is 1. The monoisotopic (exact) mass is 522 g/mol. The molecular weight excluding hydrogens is 510 g/mol. The van der Waals surface area contributed by atoms with Crippen molar-refractivity contribution in [2.45, 2.75) is 6.61 Å². The molecule has 0 spiro atoms. The van der Waals surface area contributed by atoms with Gasteiger partial charge in [-0.15, -0.1) is 0 Å². The van der Waals surface area contributed by atoms with Gasteiger partial charge in [-0.25, -0.2) is 4.99 Å². The fourth-order valence-corrected chi connectivity index (χ4v) is 4.46. The van der Waals surface area contributed by atoms with Gasteiger partial charge in [-0.1, -0.05) is 76.7 Å². The fraction of sp³-hybridized carbons (Fsp3) is 0.0435. The van der Waals surface area contributed by atoms with Crippen LogP contribution in [0.3, 0.4) is 0 Å². The summed E-state index contributed by atoms with van der Waals surface area (Å²) in [4.78, 5) is 17.4. The molecule has 1 fully saturated rings. The van der Waals surface area contributed by atoms with Crippen LogP contribution in [0.1, 0.15) is 11.1 Å². The number of ether oxygens (including phenoxy) is 1. The zero-order valence-corrected chi connectivity index (χ0v) is 20.1. The predicted octanol–water partition coefficient (Wildman–Crippen LogP) is 7.77. The summed E-state index contributed by atoms with van der Waals surface area (Å²) in [5.74, 6) is 0.352. The minimum atomic E-state index is -0.262. The second kappa shape index (κ2) is 10.2. The Labute approximate surface area is 209 Å². The van der Waals surface area contributed by atoms with E-state index in [1.807, 2.05) is 30.3 Å². The maximum absolute atomic E-state index is 12.5. The summed E-state index contributed by atoms with van der Waals surface area (Å²) in [5, 5.41) is 4.96. The molecule has 0 aliphatic carbocycles. The van der Waals surface area contributed by atoms with Gasteiger partial charge < -0.3 is 10.1 Å². The van der Waals surface area contributed by atoms with E-state index in [1.54, 1.807) is 36.4 Å². The van der Waals surface area contributed by atoms with Gasteiger partial charge in [-0.3, -0.25) is 4.79 Å². The number of nitrogens with zero attached hydrogens (tertiary/aromatic N) is 1. The number of thioether (sulfide) groups is 1. The Bertz CT molecular complexity index is 1260. The second-order valence-corrected chi connectivity index (χ2v) is 9.28. The number of hydrogen-bond acceptors (Lipinski definition) is 4. The van der Waals surface area contributed by atoms with Gasteiger partial charge in [-0.2, -0.15) is 0 Å². The summed E-state index contributed by atoms with van der Waals surface area (Å²) < 4.78 is 5.97. The molecule has 0 unspecified atom stereocenters. The summed E-state index contributed by atoms with van der Waals surface area (Å²) in [5.41, 5.74) is 2.03. The van der Waals surface area contributed by atoms with Crippen molar-refractivity contribution < 1.29 is 9.53 Å². The number of carbonyl (C=O) groups excluding carboxylic acids is 1. The first-order valence-corrected chi connectivity index (χ1v) is 11.6. The number of amidine groups is 1. The minimum Gasteiger partial charge on any atom is -0.488 e. The van der Waals surface area contributed by atoms with Gasteiger partial charge >= 0.3 is 0 Å². The Morgan fingerprint density at radius 3 is 2.59 bits per heavy atom. The molecular formula is C23H14Cl4N2O2S. The number of para-hydroxylation sites is 1. The summed E-state index contributed by atoms with van der Waals surface area (Å²) in [6.07, 6.45) is 1.75. The van der Waals surface area contributed by atoms with Gasteiger partial charge in [0.05, 0.1) is 20.6 Å². The molecule has 0 aromatic heterocycles. The number of hydrogen-bond donors (Lipinski definition) is 1. The third kappa shape index (κ3) is 5.42. The summed E-state index contributed by atoms with van der Waals surface area (Å²) in [6.45, 7) is 0.259. The van der Waals surface area contributed by atoms with E-state index in [9.17, 15) is 4.79 Å². The normalized spacial score (nSPS) is 15.9. The lowest BCUT2D eigenvalue weighted by Crippen LogP contribution is -2.19. The van der Waals surface area contributed by atoms with Crippen LogP contribution < -0.4 is 10.1 Å². The van der Waals surface area contributed by atoms with Crippen molar-refractivity contribution in [1.29, 1.82) is 0 Å². The first-order chi connectivity index (χ1) is 15.4. The number of aliphatic imine (C=N–C) groups is 1. The molecule has 4 rings (SSSR count). The summed E-state index contributed by atoms with van der Waals surface area (Å²) >= 11 is 25.6. The highest BCUT2D eigenvalue weighted by Gasteiger charge is 2.24. The number of rotatable bonds is 5. The molecule has 32 heavy (non-hydrogen) atoms. The molecule has 0 atom stereocenters. The van der Waals surface area contributed by atoms with Crippen LogP contribution in [-0.4, -0.2) is 11.1 Å². The van der Waals surface area contributed by atoms with E-state index >= 15 is 0 Å². The zero-order valence-electron chi connectivity index (χ0n) is 16.2. The molecule has 4 nitrogen and oxygen atoms in total. The number of nitrogens with one attached hydrogen (secondary N) is 1. The van der Waals surface area contributed by atoms with Crippen LogP contribution in [0.4, 0.5) is 5.69 Å². The Morgan fingerprint density at radius 1 is 0.969 bits per heavy atom. The lowest BCUT2D eigenvalue weighted by atomic mass is 10.2. The van der Waals surface area contributed by atoms with Gasteiger partial charge in [0.1, 0.15) is 12.4 Å². The fourth-order valence-electron chi connectivity index (χ4n) is 2.84. The first kappa shape index (κ1) is 23.0. The first-order valence-electron chi connectivity index (χ1n) is 9.30. The van der Waals surface area contributed by atoms with Crippen LogP contribution in [0.15, 0.2) is 70.6 Å². The van der Waals surface area contributed by atoms with Crippen LogP contribution in [0.5, 0.6) is 5.75 Å². The number of carbonyl (C=O) groups is 1. The van der Waals surface area contributed by atoms with Crippen LogP contribution >= 0.6 is 58.2 Å². The Morgan fingerprint density at radius 2 is 1.78 bits per heavy atom. The maximum atomic E-state index is 12.5. The quantitative estimate of drug-likeness (QED) is 0.347. The lowest BCUT2D eigenvalue weighted by Gasteiger charge is -2.11. The largest absolute Gasteiger partial charge is 0.488 e. The minimum absolute atomic E-state index is 0.259. The summed E-state index contributed by atoms with van der Waals surface area (Å²) in [6, 6.07) is 17.8. The van der Waals surface area contributed by atoms with Crippen LogP contribution in [0.2, 0.25) is 20.1 Å². The van der Waals surface area contributed by atoms with Crippen molar-refractivity contribution in [1.82, 2.24) is 5.32 Å². The van der Waals surface area contributed by atoms with Crippen molar-refractivity contribution in [3.05, 3.63) is 96.8 Å². The van der Waals surface area contributed by atoms with E-state index in [0.717, 1.165) is 11.1 Å². The molecule has 1 saturated heterocycles. The molecule has 1 amide bonds. The van der Waals surface area contributed by atoms with Gasteiger partial charge in [0.25, 0.3) is 5.91 Å². The Hall–Kier alpha value is -2.15. The molecule has 1 N–H and O–H groups in total. The molecule has 3 aromatic rings. The van der Waals surface area contributed by atoms with Crippen molar-refractivity contribution in [3.63, 3.8) is 0 Å². The average molecular weight is 524 g/mol. The smallest absolute Gasteiger partial charge is 0.264 e. The van der Waals surface area contributed by atoms with Gasteiger partial charge in [-0.05, 0) is 48.2 Å². The molecule has 162 valence electrons. The number of benzene rings is 3. The molecule has 0 saturated carbocycles. The topological polar surface area (TPSA) is 50.7 Å².